The summed E-state index contributed by atoms with van der Waals surface area (Å²) >= 11 is 0. The highest BCUT2D eigenvalue weighted by Gasteiger charge is 2.16. The first-order valence-corrected chi connectivity index (χ1v) is 7.98. The second kappa shape index (κ2) is 7.34. The van der Waals surface area contributed by atoms with Crippen molar-refractivity contribution >= 4 is 10.0 Å². The van der Waals surface area contributed by atoms with Gasteiger partial charge in [-0.1, -0.05) is 34.6 Å². The quantitative estimate of drug-likeness (QED) is 0.656. The monoisotopic (exact) mass is 264 g/mol. The fourth-order valence-corrected chi connectivity index (χ4v) is 2.70. The SMILES string of the molecule is CC(C)NCCCNS(=O)(=O)CCC(C)(C)C. The van der Waals surface area contributed by atoms with E-state index in [-0.39, 0.29) is 11.2 Å². The highest BCUT2D eigenvalue weighted by molar-refractivity contribution is 7.89. The zero-order valence-electron chi connectivity index (χ0n) is 11.8. The summed E-state index contributed by atoms with van der Waals surface area (Å²) in [5.74, 6) is 0.216. The topological polar surface area (TPSA) is 58.2 Å². The molecule has 17 heavy (non-hydrogen) atoms. The molecule has 0 saturated heterocycles. The number of sulfonamides is 1. The predicted molar refractivity (Wildman–Crippen MR) is 73.6 cm³/mol. The summed E-state index contributed by atoms with van der Waals surface area (Å²) in [5, 5.41) is 3.25. The second-order valence-electron chi connectivity index (χ2n) is 5.99. The Kier molecular flexibility index (Phi) is 7.28. The van der Waals surface area contributed by atoms with Crippen LogP contribution in [0.4, 0.5) is 0 Å². The maximum absolute atomic E-state index is 11.6. The van der Waals surface area contributed by atoms with Gasteiger partial charge in [0.2, 0.25) is 10.0 Å². The van der Waals surface area contributed by atoms with Crippen molar-refractivity contribution in [3.05, 3.63) is 0 Å². The Hall–Kier alpha value is -0.130. The van der Waals surface area contributed by atoms with Gasteiger partial charge in [-0.15, -0.1) is 0 Å². The zero-order valence-corrected chi connectivity index (χ0v) is 12.7. The normalized spacial score (nSPS) is 13.3. The van der Waals surface area contributed by atoms with Crippen LogP contribution in [0.5, 0.6) is 0 Å². The molecule has 0 unspecified atom stereocenters. The molecule has 0 fully saturated rings. The van der Waals surface area contributed by atoms with E-state index in [4.69, 9.17) is 0 Å². The van der Waals surface area contributed by atoms with Crippen molar-refractivity contribution in [1.82, 2.24) is 10.0 Å². The Balaban J connectivity index is 3.72. The van der Waals surface area contributed by atoms with E-state index >= 15 is 0 Å². The van der Waals surface area contributed by atoms with Gasteiger partial charge < -0.3 is 5.32 Å². The lowest BCUT2D eigenvalue weighted by atomic mass is 9.94. The van der Waals surface area contributed by atoms with Crippen molar-refractivity contribution in [1.29, 1.82) is 0 Å². The molecule has 0 aliphatic heterocycles. The fourth-order valence-electron chi connectivity index (χ4n) is 1.22. The first-order chi connectivity index (χ1) is 7.62. The van der Waals surface area contributed by atoms with E-state index in [0.717, 1.165) is 13.0 Å². The zero-order chi connectivity index (χ0) is 13.5. The van der Waals surface area contributed by atoms with E-state index in [1.807, 2.05) is 0 Å². The van der Waals surface area contributed by atoms with Gasteiger partial charge in [0.25, 0.3) is 0 Å². The Bertz CT molecular complexity index is 292. The van der Waals surface area contributed by atoms with Gasteiger partial charge in [0.05, 0.1) is 5.75 Å². The Morgan fingerprint density at radius 1 is 1.12 bits per heavy atom. The van der Waals surface area contributed by atoms with Crippen LogP contribution >= 0.6 is 0 Å². The molecule has 0 heterocycles. The van der Waals surface area contributed by atoms with Crippen LogP contribution in [0.15, 0.2) is 0 Å². The number of nitrogens with one attached hydrogen (secondary N) is 2. The van der Waals surface area contributed by atoms with Gasteiger partial charge in [-0.05, 0) is 24.8 Å². The van der Waals surface area contributed by atoms with Crippen LogP contribution in [0.1, 0.15) is 47.5 Å². The average molecular weight is 264 g/mol. The lowest BCUT2D eigenvalue weighted by molar-refractivity contribution is 0.396. The summed E-state index contributed by atoms with van der Waals surface area (Å²) in [6.07, 6.45) is 1.51. The van der Waals surface area contributed by atoms with Gasteiger partial charge >= 0.3 is 0 Å². The molecule has 0 aromatic heterocycles. The molecule has 0 bridgehead atoms. The van der Waals surface area contributed by atoms with E-state index in [9.17, 15) is 8.42 Å². The van der Waals surface area contributed by atoms with E-state index in [2.05, 4.69) is 44.7 Å². The molecule has 0 amide bonds. The van der Waals surface area contributed by atoms with Gasteiger partial charge in [0.1, 0.15) is 0 Å². The third kappa shape index (κ3) is 12.1. The molecule has 0 aromatic carbocycles. The Morgan fingerprint density at radius 2 is 1.71 bits per heavy atom. The summed E-state index contributed by atoms with van der Waals surface area (Å²) < 4.78 is 25.9. The first-order valence-electron chi connectivity index (χ1n) is 6.33. The van der Waals surface area contributed by atoms with Crippen molar-refractivity contribution in [3.63, 3.8) is 0 Å². The smallest absolute Gasteiger partial charge is 0.211 e. The molecule has 0 radical (unpaired) electrons. The van der Waals surface area contributed by atoms with Crippen LogP contribution in [0, 0.1) is 5.41 Å². The van der Waals surface area contributed by atoms with E-state index in [0.29, 0.717) is 19.0 Å². The molecule has 0 rings (SSSR count). The number of rotatable bonds is 8. The molecule has 4 nitrogen and oxygen atoms in total. The van der Waals surface area contributed by atoms with Gasteiger partial charge in [-0.3, -0.25) is 0 Å². The summed E-state index contributed by atoms with van der Waals surface area (Å²) in [7, 11) is -3.09. The third-order valence-electron chi connectivity index (χ3n) is 2.35. The summed E-state index contributed by atoms with van der Waals surface area (Å²) in [4.78, 5) is 0. The minimum atomic E-state index is -3.09. The molecule has 0 aliphatic rings. The van der Waals surface area contributed by atoms with Gasteiger partial charge in [0.15, 0.2) is 0 Å². The summed E-state index contributed by atoms with van der Waals surface area (Å²) in [6, 6.07) is 0.451. The largest absolute Gasteiger partial charge is 0.314 e. The van der Waals surface area contributed by atoms with Crippen LogP contribution < -0.4 is 10.0 Å². The van der Waals surface area contributed by atoms with Gasteiger partial charge in [-0.2, -0.15) is 0 Å². The molecule has 0 spiro atoms. The predicted octanol–water partition coefficient (Wildman–Crippen LogP) is 1.73. The standard InChI is InChI=1S/C12H28N2O2S/c1-11(2)13-8-6-9-14-17(15,16)10-7-12(3,4)5/h11,13-14H,6-10H2,1-5H3. The molecule has 0 atom stereocenters. The maximum Gasteiger partial charge on any atom is 0.211 e. The molecule has 104 valence electrons. The van der Waals surface area contributed by atoms with Crippen LogP contribution in [-0.4, -0.2) is 33.3 Å². The first kappa shape index (κ1) is 16.9. The molecule has 0 aliphatic carbocycles. The van der Waals surface area contributed by atoms with Crippen LogP contribution in [0.25, 0.3) is 0 Å². The van der Waals surface area contributed by atoms with E-state index < -0.39 is 10.0 Å². The average Bonchev–Trinajstić information content (AvgIpc) is 2.13. The molecular weight excluding hydrogens is 236 g/mol. The highest BCUT2D eigenvalue weighted by Crippen LogP contribution is 2.18. The Morgan fingerprint density at radius 3 is 2.18 bits per heavy atom. The van der Waals surface area contributed by atoms with Crippen LogP contribution in [0.3, 0.4) is 0 Å². The number of hydrogen-bond donors (Lipinski definition) is 2. The van der Waals surface area contributed by atoms with Crippen molar-refractivity contribution in [2.45, 2.75) is 53.5 Å². The van der Waals surface area contributed by atoms with Gasteiger partial charge in [-0.25, -0.2) is 13.1 Å². The minimum absolute atomic E-state index is 0.0634. The minimum Gasteiger partial charge on any atom is -0.314 e. The molecule has 5 heteroatoms. The third-order valence-corrected chi connectivity index (χ3v) is 3.73. The second-order valence-corrected chi connectivity index (χ2v) is 7.91. The van der Waals surface area contributed by atoms with Crippen molar-refractivity contribution in [2.24, 2.45) is 5.41 Å². The Labute approximate surface area is 107 Å². The highest BCUT2D eigenvalue weighted by atomic mass is 32.2. The van der Waals surface area contributed by atoms with Crippen molar-refractivity contribution < 1.29 is 8.42 Å². The fraction of sp³-hybridized carbons (Fsp3) is 1.00. The van der Waals surface area contributed by atoms with E-state index in [1.54, 1.807) is 0 Å². The van der Waals surface area contributed by atoms with Crippen LogP contribution in [0.2, 0.25) is 0 Å². The van der Waals surface area contributed by atoms with Crippen LogP contribution in [-0.2, 0) is 10.0 Å². The lowest BCUT2D eigenvalue weighted by Crippen LogP contribution is -2.32. The summed E-state index contributed by atoms with van der Waals surface area (Å²) in [5.41, 5.74) is 0.0634. The summed E-state index contributed by atoms with van der Waals surface area (Å²) in [6.45, 7) is 11.7. The van der Waals surface area contributed by atoms with Crippen molar-refractivity contribution in [2.75, 3.05) is 18.8 Å². The molecule has 0 aromatic rings. The molecule has 0 saturated carbocycles. The molecular formula is C12H28N2O2S. The van der Waals surface area contributed by atoms with Gasteiger partial charge in [0, 0.05) is 12.6 Å². The number of hydrogen-bond acceptors (Lipinski definition) is 3. The van der Waals surface area contributed by atoms with E-state index in [1.165, 1.54) is 0 Å². The maximum atomic E-state index is 11.6. The van der Waals surface area contributed by atoms with Crippen molar-refractivity contribution in [3.8, 4) is 0 Å². The molecule has 2 N–H and O–H groups in total. The lowest BCUT2D eigenvalue weighted by Gasteiger charge is -2.17.